The molecule has 158 valence electrons. The number of aromatic nitrogens is 3. The van der Waals surface area contributed by atoms with Crippen molar-refractivity contribution in [1.82, 2.24) is 19.9 Å². The quantitative estimate of drug-likeness (QED) is 0.464. The monoisotopic (exact) mass is 433 g/mol. The Hall–Kier alpha value is -3.03. The zero-order valence-electron chi connectivity index (χ0n) is 17.6. The molecule has 3 aromatic heterocycles. The largest absolute Gasteiger partial charge is 0.319 e. The van der Waals surface area contributed by atoms with E-state index < -0.39 is 0 Å². The summed E-state index contributed by atoms with van der Waals surface area (Å²) in [5, 5.41) is 11.5. The molecule has 5 rings (SSSR count). The van der Waals surface area contributed by atoms with Crippen molar-refractivity contribution in [2.45, 2.75) is 19.8 Å². The topological polar surface area (TPSA) is 45.5 Å². The summed E-state index contributed by atoms with van der Waals surface area (Å²) in [4.78, 5) is 6.99. The van der Waals surface area contributed by atoms with Crippen molar-refractivity contribution in [3.8, 4) is 11.1 Å². The predicted molar refractivity (Wildman–Crippen MR) is 126 cm³/mol. The van der Waals surface area contributed by atoms with Gasteiger partial charge in [0.05, 0.1) is 16.4 Å². The predicted octanol–water partition coefficient (Wildman–Crippen LogP) is 5.30. The average molecular weight is 434 g/mol. The van der Waals surface area contributed by atoms with Crippen LogP contribution in [0.4, 0.5) is 15.2 Å². The Kier molecular flexibility index (Phi) is 5.29. The Labute approximate surface area is 184 Å². The van der Waals surface area contributed by atoms with Gasteiger partial charge in [-0.15, -0.1) is 11.3 Å². The van der Waals surface area contributed by atoms with E-state index in [1.807, 2.05) is 16.6 Å². The second kappa shape index (κ2) is 8.24. The molecule has 0 atom stereocenters. The number of halogens is 1. The van der Waals surface area contributed by atoms with E-state index >= 15 is 0 Å². The highest BCUT2D eigenvalue weighted by molar-refractivity contribution is 7.14. The molecule has 4 heterocycles. The summed E-state index contributed by atoms with van der Waals surface area (Å²) < 4.78 is 15.3. The molecule has 4 aromatic rings. The molecule has 0 fully saturated rings. The van der Waals surface area contributed by atoms with Gasteiger partial charge in [-0.05, 0) is 66.4 Å². The third-order valence-electron chi connectivity index (χ3n) is 5.66. The Morgan fingerprint density at radius 2 is 2.00 bits per heavy atom. The molecule has 0 saturated heterocycles. The van der Waals surface area contributed by atoms with Gasteiger partial charge < -0.3 is 10.2 Å². The maximum Gasteiger partial charge on any atom is 0.159 e. The van der Waals surface area contributed by atoms with Crippen molar-refractivity contribution in [3.63, 3.8) is 0 Å². The molecule has 0 radical (unpaired) electrons. The minimum atomic E-state index is -0.222. The maximum atomic E-state index is 13.3. The van der Waals surface area contributed by atoms with Crippen molar-refractivity contribution in [1.29, 1.82) is 0 Å². The highest BCUT2D eigenvalue weighted by Crippen LogP contribution is 2.36. The number of anilines is 2. The zero-order chi connectivity index (χ0) is 21.4. The molecule has 0 amide bonds. The Morgan fingerprint density at radius 3 is 2.74 bits per heavy atom. The molecule has 1 aliphatic rings. The number of nitrogens with zero attached hydrogens (tertiary/aromatic N) is 4. The van der Waals surface area contributed by atoms with E-state index in [0.29, 0.717) is 0 Å². The minimum Gasteiger partial charge on any atom is -0.319 e. The van der Waals surface area contributed by atoms with Crippen LogP contribution in [0.3, 0.4) is 0 Å². The van der Waals surface area contributed by atoms with Crippen molar-refractivity contribution in [2.75, 3.05) is 25.0 Å². The van der Waals surface area contributed by atoms with Gasteiger partial charge in [-0.3, -0.25) is 0 Å². The van der Waals surface area contributed by atoms with E-state index in [4.69, 9.17) is 10.1 Å². The van der Waals surface area contributed by atoms with Crippen LogP contribution in [0.25, 0.3) is 22.3 Å². The fourth-order valence-electron chi connectivity index (χ4n) is 3.97. The SMILES string of the molecule is CCc1nc2ccc(C3=CCNCC3)nn2c1N(C)c1cc(-c2ccc(F)cc2)cs1. The highest BCUT2D eigenvalue weighted by atomic mass is 32.1. The number of aryl methyl sites for hydroxylation is 1. The van der Waals surface area contributed by atoms with Crippen LogP contribution in [0.15, 0.2) is 53.9 Å². The zero-order valence-corrected chi connectivity index (χ0v) is 18.4. The van der Waals surface area contributed by atoms with E-state index in [2.05, 4.69) is 53.8 Å². The summed E-state index contributed by atoms with van der Waals surface area (Å²) >= 11 is 1.66. The maximum absolute atomic E-state index is 13.3. The summed E-state index contributed by atoms with van der Waals surface area (Å²) in [5.74, 6) is 0.766. The summed E-state index contributed by atoms with van der Waals surface area (Å²) in [5.41, 5.74) is 6.23. The lowest BCUT2D eigenvalue weighted by atomic mass is 10.1. The molecule has 5 nitrogen and oxygen atoms in total. The molecule has 7 heteroatoms. The smallest absolute Gasteiger partial charge is 0.159 e. The molecular formula is C24H24FN5S. The first-order chi connectivity index (χ1) is 15.1. The van der Waals surface area contributed by atoms with Gasteiger partial charge in [0.25, 0.3) is 0 Å². The van der Waals surface area contributed by atoms with Gasteiger partial charge in [0, 0.05) is 19.0 Å². The number of benzene rings is 1. The first-order valence-corrected chi connectivity index (χ1v) is 11.4. The van der Waals surface area contributed by atoms with E-state index in [9.17, 15) is 4.39 Å². The molecule has 0 aliphatic carbocycles. The van der Waals surface area contributed by atoms with Gasteiger partial charge in [-0.2, -0.15) is 9.61 Å². The fraction of sp³-hybridized carbons (Fsp3) is 0.250. The highest BCUT2D eigenvalue weighted by Gasteiger charge is 2.20. The lowest BCUT2D eigenvalue weighted by molar-refractivity contribution is 0.628. The summed E-state index contributed by atoms with van der Waals surface area (Å²) in [6.45, 7) is 3.98. The Bertz CT molecular complexity index is 1250. The van der Waals surface area contributed by atoms with Crippen LogP contribution in [0, 0.1) is 5.82 Å². The van der Waals surface area contributed by atoms with Gasteiger partial charge in [0.2, 0.25) is 0 Å². The standard InChI is InChI=1S/C24H24FN5S/c1-3-20-24(29(2)23-14-18(15-31-23)16-4-6-19(25)7-5-16)30-22(27-20)9-8-21(28-30)17-10-12-26-13-11-17/h4-10,14-15,26H,3,11-13H2,1-2H3. The van der Waals surface area contributed by atoms with Gasteiger partial charge in [0.15, 0.2) is 11.5 Å². The van der Waals surface area contributed by atoms with Crippen molar-refractivity contribution < 1.29 is 4.39 Å². The molecule has 31 heavy (non-hydrogen) atoms. The minimum absolute atomic E-state index is 0.222. The van der Waals surface area contributed by atoms with Gasteiger partial charge in [-0.1, -0.05) is 25.1 Å². The van der Waals surface area contributed by atoms with Crippen LogP contribution in [0.5, 0.6) is 0 Å². The van der Waals surface area contributed by atoms with Crippen LogP contribution in [0.1, 0.15) is 24.7 Å². The fourth-order valence-corrected chi connectivity index (χ4v) is 4.86. The van der Waals surface area contributed by atoms with E-state index in [1.54, 1.807) is 11.3 Å². The first-order valence-electron chi connectivity index (χ1n) is 10.5. The van der Waals surface area contributed by atoms with Crippen molar-refractivity contribution in [3.05, 3.63) is 71.1 Å². The van der Waals surface area contributed by atoms with Crippen molar-refractivity contribution >= 4 is 33.4 Å². The van der Waals surface area contributed by atoms with E-state index in [1.165, 1.54) is 17.7 Å². The second-order valence-corrected chi connectivity index (χ2v) is 8.54. The molecular weight excluding hydrogens is 409 g/mol. The summed E-state index contributed by atoms with van der Waals surface area (Å²) in [7, 11) is 2.06. The van der Waals surface area contributed by atoms with Gasteiger partial charge >= 0.3 is 0 Å². The number of rotatable bonds is 5. The Balaban J connectivity index is 1.55. The van der Waals surface area contributed by atoms with Gasteiger partial charge in [-0.25, -0.2) is 9.37 Å². The lowest BCUT2D eigenvalue weighted by Gasteiger charge is -2.18. The number of hydrogen-bond donors (Lipinski definition) is 1. The molecule has 0 unspecified atom stereocenters. The average Bonchev–Trinajstić information content (AvgIpc) is 3.44. The van der Waals surface area contributed by atoms with Crippen LogP contribution in [-0.4, -0.2) is 34.7 Å². The summed E-state index contributed by atoms with van der Waals surface area (Å²) in [6, 6.07) is 12.9. The number of imidazole rings is 1. The lowest BCUT2D eigenvalue weighted by Crippen LogP contribution is -2.20. The third kappa shape index (κ3) is 3.75. The molecule has 0 saturated carbocycles. The number of thiophene rings is 1. The molecule has 0 spiro atoms. The van der Waals surface area contributed by atoms with Crippen LogP contribution in [0.2, 0.25) is 0 Å². The molecule has 1 aliphatic heterocycles. The van der Waals surface area contributed by atoms with E-state index in [-0.39, 0.29) is 5.82 Å². The van der Waals surface area contributed by atoms with E-state index in [0.717, 1.165) is 64.9 Å². The molecule has 0 bridgehead atoms. The normalized spacial score (nSPS) is 14.1. The second-order valence-electron chi connectivity index (χ2n) is 7.65. The number of nitrogens with one attached hydrogen (secondary N) is 1. The summed E-state index contributed by atoms with van der Waals surface area (Å²) in [6.07, 6.45) is 4.01. The first kappa shape index (κ1) is 19.9. The number of hydrogen-bond acceptors (Lipinski definition) is 5. The van der Waals surface area contributed by atoms with Crippen molar-refractivity contribution in [2.24, 2.45) is 0 Å². The van der Waals surface area contributed by atoms with Gasteiger partial charge in [0.1, 0.15) is 5.82 Å². The Morgan fingerprint density at radius 1 is 1.16 bits per heavy atom. The van der Waals surface area contributed by atoms with Crippen LogP contribution < -0.4 is 10.2 Å². The third-order valence-corrected chi connectivity index (χ3v) is 6.67. The van der Waals surface area contributed by atoms with Crippen LogP contribution in [-0.2, 0) is 6.42 Å². The van der Waals surface area contributed by atoms with Crippen LogP contribution >= 0.6 is 11.3 Å². The molecule has 1 N–H and O–H groups in total. The molecule has 1 aromatic carbocycles. The number of fused-ring (bicyclic) bond motifs is 1.